The fraction of sp³-hybridized carbons (Fsp3) is 0.286. The first-order valence-electron chi connectivity index (χ1n) is 12.1. The zero-order chi connectivity index (χ0) is 28.5. The Labute approximate surface area is 230 Å². The predicted molar refractivity (Wildman–Crippen MR) is 150 cm³/mol. The number of hydrogen-bond donors (Lipinski definition) is 2. The zero-order valence-electron chi connectivity index (χ0n) is 22.6. The van der Waals surface area contributed by atoms with E-state index >= 15 is 0 Å². The van der Waals surface area contributed by atoms with Gasteiger partial charge < -0.3 is 24.3 Å². The van der Waals surface area contributed by atoms with Gasteiger partial charge >= 0.3 is 5.97 Å². The summed E-state index contributed by atoms with van der Waals surface area (Å²) in [6.07, 6.45) is 0.626. The third-order valence-electron chi connectivity index (χ3n) is 5.69. The second-order valence-electron chi connectivity index (χ2n) is 8.30. The summed E-state index contributed by atoms with van der Waals surface area (Å²) in [7, 11) is 3.08. The molecule has 3 aromatic rings. The molecule has 3 rings (SSSR count). The summed E-state index contributed by atoms with van der Waals surface area (Å²) >= 11 is 1.32. The first-order chi connectivity index (χ1) is 18.7. The first kappa shape index (κ1) is 29.2. The van der Waals surface area contributed by atoms with Crippen LogP contribution in [0.5, 0.6) is 17.2 Å². The molecule has 0 fully saturated rings. The molecular weight excluding hydrogens is 522 g/mol. The van der Waals surface area contributed by atoms with Crippen LogP contribution < -0.4 is 25.0 Å². The van der Waals surface area contributed by atoms with E-state index in [1.54, 1.807) is 63.4 Å². The van der Waals surface area contributed by atoms with Gasteiger partial charge in [-0.15, -0.1) is 11.3 Å². The summed E-state index contributed by atoms with van der Waals surface area (Å²) in [4.78, 5) is 38.5. The maximum absolute atomic E-state index is 12.8. The van der Waals surface area contributed by atoms with E-state index in [4.69, 9.17) is 18.9 Å². The van der Waals surface area contributed by atoms with Crippen LogP contribution in [-0.4, -0.2) is 50.9 Å². The molecule has 0 saturated carbocycles. The molecule has 1 unspecified atom stereocenters. The van der Waals surface area contributed by atoms with Crippen LogP contribution in [0.2, 0.25) is 0 Å². The van der Waals surface area contributed by atoms with E-state index in [2.05, 4.69) is 15.8 Å². The molecule has 1 heterocycles. The highest BCUT2D eigenvalue weighted by Crippen LogP contribution is 2.33. The molecule has 0 spiro atoms. The van der Waals surface area contributed by atoms with E-state index in [0.29, 0.717) is 38.9 Å². The molecule has 0 bridgehead atoms. The number of carbonyl (C=O) groups excluding carboxylic acids is 3. The predicted octanol–water partition coefficient (Wildman–Crippen LogP) is 4.73. The van der Waals surface area contributed by atoms with Crippen molar-refractivity contribution in [1.82, 2.24) is 5.43 Å². The van der Waals surface area contributed by atoms with E-state index in [1.807, 2.05) is 13.8 Å². The maximum Gasteiger partial charge on any atom is 0.341 e. The average molecular weight is 554 g/mol. The van der Waals surface area contributed by atoms with Crippen LogP contribution in [0.4, 0.5) is 5.00 Å². The number of hydrazone groups is 1. The molecule has 0 radical (unpaired) electrons. The van der Waals surface area contributed by atoms with Crippen molar-refractivity contribution in [3.8, 4) is 17.2 Å². The molecule has 1 atom stereocenters. The third kappa shape index (κ3) is 7.35. The molecule has 39 heavy (non-hydrogen) atoms. The van der Waals surface area contributed by atoms with Gasteiger partial charge in [0, 0.05) is 10.4 Å². The van der Waals surface area contributed by atoms with Gasteiger partial charge in [-0.2, -0.15) is 5.10 Å². The van der Waals surface area contributed by atoms with Gasteiger partial charge in [-0.05, 0) is 81.3 Å². The summed E-state index contributed by atoms with van der Waals surface area (Å²) in [5.74, 6) is 0.211. The molecule has 0 aliphatic carbocycles. The SMILES string of the molecule is CCOC(=O)c1c(NC(=O)c2ccc(OC(C)C(=O)N/N=C/c3ccc(OC)c(OC)c3)cc2)sc(C)c1C. The van der Waals surface area contributed by atoms with Crippen molar-refractivity contribution in [3.05, 3.63) is 69.6 Å². The van der Waals surface area contributed by atoms with Crippen molar-refractivity contribution in [2.24, 2.45) is 5.10 Å². The Kier molecular flexibility index (Phi) is 10.0. The van der Waals surface area contributed by atoms with Crippen LogP contribution in [0.3, 0.4) is 0 Å². The number of nitrogens with zero attached hydrogens (tertiary/aromatic N) is 1. The summed E-state index contributed by atoms with van der Waals surface area (Å²) in [5.41, 5.74) is 4.64. The molecule has 11 heteroatoms. The minimum atomic E-state index is -0.851. The molecular formula is C28H31N3O7S. The van der Waals surface area contributed by atoms with Crippen molar-refractivity contribution in [2.45, 2.75) is 33.8 Å². The lowest BCUT2D eigenvalue weighted by atomic mass is 10.1. The normalized spacial score (nSPS) is 11.5. The molecule has 0 aliphatic rings. The lowest BCUT2D eigenvalue weighted by Crippen LogP contribution is -2.33. The molecule has 10 nitrogen and oxygen atoms in total. The fourth-order valence-corrected chi connectivity index (χ4v) is 4.52. The van der Waals surface area contributed by atoms with Gasteiger partial charge in [0.25, 0.3) is 11.8 Å². The molecule has 206 valence electrons. The Morgan fingerprint density at radius 3 is 2.36 bits per heavy atom. The van der Waals surface area contributed by atoms with Crippen LogP contribution in [0.1, 0.15) is 50.6 Å². The molecule has 2 aromatic carbocycles. The van der Waals surface area contributed by atoms with E-state index in [-0.39, 0.29) is 12.5 Å². The van der Waals surface area contributed by atoms with Crippen LogP contribution >= 0.6 is 11.3 Å². The standard InChI is InChI=1S/C28H31N3O7S/c1-7-37-28(34)24-16(2)18(4)39-27(24)30-26(33)20-9-11-21(12-10-20)38-17(3)25(32)31-29-15-19-8-13-22(35-5)23(14-19)36-6/h8-15,17H,7H2,1-6H3,(H,30,33)(H,31,32)/b29-15+. The van der Waals surface area contributed by atoms with Crippen LogP contribution in [0, 0.1) is 13.8 Å². The number of aryl methyl sites for hydroxylation is 1. The molecule has 0 saturated heterocycles. The number of carbonyl (C=O) groups is 3. The molecule has 2 N–H and O–H groups in total. The van der Waals surface area contributed by atoms with Gasteiger partial charge in [0.15, 0.2) is 17.6 Å². The number of hydrogen-bond acceptors (Lipinski definition) is 9. The van der Waals surface area contributed by atoms with Gasteiger partial charge in [0.1, 0.15) is 10.8 Å². The topological polar surface area (TPSA) is 125 Å². The van der Waals surface area contributed by atoms with E-state index in [0.717, 1.165) is 10.4 Å². The molecule has 0 aliphatic heterocycles. The van der Waals surface area contributed by atoms with Gasteiger partial charge in [0.2, 0.25) is 0 Å². The first-order valence-corrected chi connectivity index (χ1v) is 12.9. The van der Waals surface area contributed by atoms with Gasteiger partial charge in [-0.25, -0.2) is 10.2 Å². The van der Waals surface area contributed by atoms with E-state index in [1.165, 1.54) is 24.7 Å². The van der Waals surface area contributed by atoms with Gasteiger partial charge in [0.05, 0.1) is 32.6 Å². The summed E-state index contributed by atoms with van der Waals surface area (Å²) in [6, 6.07) is 11.5. The number of rotatable bonds is 11. The van der Waals surface area contributed by atoms with Crippen molar-refractivity contribution < 1.29 is 33.3 Å². The highest BCUT2D eigenvalue weighted by Gasteiger charge is 2.22. The number of benzene rings is 2. The third-order valence-corrected chi connectivity index (χ3v) is 6.81. The fourth-order valence-electron chi connectivity index (χ4n) is 3.48. The van der Waals surface area contributed by atoms with E-state index < -0.39 is 18.0 Å². The maximum atomic E-state index is 12.8. The lowest BCUT2D eigenvalue weighted by molar-refractivity contribution is -0.127. The van der Waals surface area contributed by atoms with Crippen molar-refractivity contribution in [3.63, 3.8) is 0 Å². The molecule has 1 aromatic heterocycles. The number of anilines is 1. The number of methoxy groups -OCH3 is 2. The number of amides is 2. The average Bonchev–Trinajstić information content (AvgIpc) is 3.21. The Balaban J connectivity index is 1.58. The zero-order valence-corrected chi connectivity index (χ0v) is 23.4. The highest BCUT2D eigenvalue weighted by atomic mass is 32.1. The Morgan fingerprint density at radius 1 is 1.03 bits per heavy atom. The Hall–Kier alpha value is -4.38. The quantitative estimate of drug-likeness (QED) is 0.200. The van der Waals surface area contributed by atoms with Gasteiger partial charge in [-0.3, -0.25) is 9.59 Å². The monoisotopic (exact) mass is 553 g/mol. The summed E-state index contributed by atoms with van der Waals surface area (Å²) in [6.45, 7) is 7.25. The Morgan fingerprint density at radius 2 is 1.72 bits per heavy atom. The lowest BCUT2D eigenvalue weighted by Gasteiger charge is -2.13. The van der Waals surface area contributed by atoms with Crippen molar-refractivity contribution >= 4 is 40.3 Å². The van der Waals surface area contributed by atoms with E-state index in [9.17, 15) is 14.4 Å². The summed E-state index contributed by atoms with van der Waals surface area (Å²) in [5, 5.41) is 7.20. The molecule has 2 amide bonds. The summed E-state index contributed by atoms with van der Waals surface area (Å²) < 4.78 is 21.3. The smallest absolute Gasteiger partial charge is 0.341 e. The largest absolute Gasteiger partial charge is 0.493 e. The number of thiophene rings is 1. The minimum absolute atomic E-state index is 0.239. The number of ether oxygens (including phenoxy) is 4. The van der Waals surface area contributed by atoms with Crippen LogP contribution in [0.25, 0.3) is 0 Å². The number of nitrogens with one attached hydrogen (secondary N) is 2. The van der Waals surface area contributed by atoms with Crippen molar-refractivity contribution in [2.75, 3.05) is 26.1 Å². The Bertz CT molecular complexity index is 1370. The number of esters is 1. The minimum Gasteiger partial charge on any atom is -0.493 e. The van der Waals surface area contributed by atoms with Crippen molar-refractivity contribution in [1.29, 1.82) is 0 Å². The second-order valence-corrected chi connectivity index (χ2v) is 9.52. The second kappa shape index (κ2) is 13.4. The highest BCUT2D eigenvalue weighted by molar-refractivity contribution is 7.16. The van der Waals surface area contributed by atoms with Gasteiger partial charge in [-0.1, -0.05) is 0 Å². The van der Waals surface area contributed by atoms with Crippen LogP contribution in [0.15, 0.2) is 47.6 Å². The van der Waals surface area contributed by atoms with Crippen LogP contribution in [-0.2, 0) is 9.53 Å².